The number of thiocarbonyl (C=S) groups is 1. The van der Waals surface area contributed by atoms with E-state index in [0.717, 1.165) is 21.9 Å². The molecule has 0 aliphatic heterocycles. The Hall–Kier alpha value is -3.74. The molecule has 0 radical (unpaired) electrons. The third-order valence-corrected chi connectivity index (χ3v) is 6.13. The van der Waals surface area contributed by atoms with Gasteiger partial charge >= 0.3 is 0 Å². The lowest BCUT2D eigenvalue weighted by molar-refractivity contribution is 0.0979. The number of amides is 1. The molecule has 0 atom stereocenters. The summed E-state index contributed by atoms with van der Waals surface area (Å²) < 4.78 is 5.96. The summed E-state index contributed by atoms with van der Waals surface area (Å²) in [5, 5.41) is 8.14. The zero-order valence-electron chi connectivity index (χ0n) is 18.5. The zero-order chi connectivity index (χ0) is 23.8. The van der Waals surface area contributed by atoms with Crippen LogP contribution >= 0.6 is 23.8 Å². The fourth-order valence-electron chi connectivity index (χ4n) is 3.98. The second-order valence-electron chi connectivity index (χ2n) is 8.07. The number of aryl methyl sites for hydroxylation is 2. The first kappa shape index (κ1) is 22.1. The Bertz CT molecular complexity index is 1590. The van der Waals surface area contributed by atoms with Gasteiger partial charge < -0.3 is 9.73 Å². The van der Waals surface area contributed by atoms with Gasteiger partial charge in [0.2, 0.25) is 5.89 Å². The molecule has 1 aromatic heterocycles. The number of nitrogens with zero attached hydrogens (tertiary/aromatic N) is 1. The highest BCUT2D eigenvalue weighted by atomic mass is 35.5. The largest absolute Gasteiger partial charge is 0.436 e. The monoisotopic (exact) mass is 485 g/mol. The van der Waals surface area contributed by atoms with Gasteiger partial charge in [-0.2, -0.15) is 0 Å². The molecule has 0 saturated heterocycles. The van der Waals surface area contributed by atoms with Crippen molar-refractivity contribution >= 4 is 62.4 Å². The highest BCUT2D eigenvalue weighted by Gasteiger charge is 2.14. The molecule has 7 heteroatoms. The minimum atomic E-state index is -0.315. The van der Waals surface area contributed by atoms with Crippen LogP contribution in [-0.4, -0.2) is 16.0 Å². The van der Waals surface area contributed by atoms with Crippen LogP contribution in [0.3, 0.4) is 0 Å². The summed E-state index contributed by atoms with van der Waals surface area (Å²) in [5.41, 5.74) is 5.79. The Balaban J connectivity index is 1.35. The fraction of sp³-hybridized carbons (Fsp3) is 0.0741. The lowest BCUT2D eigenvalue weighted by Crippen LogP contribution is -2.34. The highest BCUT2D eigenvalue weighted by Crippen LogP contribution is 2.29. The van der Waals surface area contributed by atoms with Gasteiger partial charge in [0, 0.05) is 27.2 Å². The molecule has 0 fully saturated rings. The molecule has 0 saturated carbocycles. The van der Waals surface area contributed by atoms with E-state index in [9.17, 15) is 4.79 Å². The van der Waals surface area contributed by atoms with E-state index < -0.39 is 0 Å². The summed E-state index contributed by atoms with van der Waals surface area (Å²) in [6.07, 6.45) is 0. The van der Waals surface area contributed by atoms with Gasteiger partial charge in [-0.15, -0.1) is 0 Å². The smallest absolute Gasteiger partial charge is 0.258 e. The van der Waals surface area contributed by atoms with Gasteiger partial charge in [-0.05, 0) is 73.4 Å². The molecule has 168 valence electrons. The van der Waals surface area contributed by atoms with Crippen molar-refractivity contribution in [1.82, 2.24) is 10.3 Å². The van der Waals surface area contributed by atoms with Crippen molar-refractivity contribution in [1.29, 1.82) is 0 Å². The first-order chi connectivity index (χ1) is 16.4. The van der Waals surface area contributed by atoms with Gasteiger partial charge in [-0.3, -0.25) is 10.1 Å². The molecule has 34 heavy (non-hydrogen) atoms. The number of anilines is 1. The van der Waals surface area contributed by atoms with Crippen LogP contribution in [0.2, 0.25) is 5.02 Å². The second kappa shape index (κ2) is 8.89. The average Bonchev–Trinajstić information content (AvgIpc) is 3.22. The Kier molecular flexibility index (Phi) is 5.77. The molecular formula is C27H20ClN3O2S. The van der Waals surface area contributed by atoms with Crippen LogP contribution in [-0.2, 0) is 0 Å². The van der Waals surface area contributed by atoms with Crippen LogP contribution < -0.4 is 10.6 Å². The molecule has 2 N–H and O–H groups in total. The predicted molar refractivity (Wildman–Crippen MR) is 142 cm³/mol. The van der Waals surface area contributed by atoms with Gasteiger partial charge in [-0.25, -0.2) is 4.98 Å². The maximum absolute atomic E-state index is 12.9. The minimum absolute atomic E-state index is 0.182. The molecule has 0 bridgehead atoms. The number of benzene rings is 4. The number of aromatic nitrogens is 1. The standard InChI is InChI=1S/C27H20ClN3O2S/c1-15-9-11-18(16(2)13-15)26-30-23-14-17(10-12-24(23)33-26)29-27(34)31-25(32)21-7-3-6-20-19(21)5-4-8-22(20)28/h3-14H,1-2H3,(H2,29,31,32,34). The Morgan fingerprint density at radius 3 is 2.59 bits per heavy atom. The molecule has 1 heterocycles. The number of oxazole rings is 1. The number of carbonyl (C=O) groups excluding carboxylic acids is 1. The zero-order valence-corrected chi connectivity index (χ0v) is 20.1. The number of nitrogens with one attached hydrogen (secondary N) is 2. The minimum Gasteiger partial charge on any atom is -0.436 e. The van der Waals surface area contributed by atoms with E-state index >= 15 is 0 Å². The first-order valence-corrected chi connectivity index (χ1v) is 11.5. The van der Waals surface area contributed by atoms with Gasteiger partial charge in [0.25, 0.3) is 5.91 Å². The molecule has 5 nitrogen and oxygen atoms in total. The first-order valence-electron chi connectivity index (χ1n) is 10.7. The molecular weight excluding hydrogens is 466 g/mol. The Labute approximate surface area is 206 Å². The van der Waals surface area contributed by atoms with Crippen molar-refractivity contribution in [2.45, 2.75) is 13.8 Å². The number of fused-ring (bicyclic) bond motifs is 2. The van der Waals surface area contributed by atoms with E-state index in [1.54, 1.807) is 18.2 Å². The summed E-state index contributed by atoms with van der Waals surface area (Å²) in [4.78, 5) is 17.5. The third kappa shape index (κ3) is 4.25. The molecule has 5 rings (SSSR count). The van der Waals surface area contributed by atoms with Gasteiger partial charge in [0.1, 0.15) is 5.52 Å². The van der Waals surface area contributed by atoms with E-state index in [2.05, 4.69) is 28.6 Å². The average molecular weight is 486 g/mol. The summed E-state index contributed by atoms with van der Waals surface area (Å²) in [5.74, 6) is 0.250. The van der Waals surface area contributed by atoms with Crippen LogP contribution in [0.5, 0.6) is 0 Å². The van der Waals surface area contributed by atoms with Crippen molar-refractivity contribution in [2.24, 2.45) is 0 Å². The normalized spacial score (nSPS) is 11.0. The van der Waals surface area contributed by atoms with Crippen LogP contribution in [0.4, 0.5) is 5.69 Å². The maximum Gasteiger partial charge on any atom is 0.258 e. The quantitative estimate of drug-likeness (QED) is 0.268. The Morgan fingerprint density at radius 1 is 0.971 bits per heavy atom. The van der Waals surface area contributed by atoms with E-state index in [1.807, 2.05) is 55.5 Å². The van der Waals surface area contributed by atoms with Crippen LogP contribution in [0, 0.1) is 13.8 Å². The van der Waals surface area contributed by atoms with Crippen LogP contribution in [0.25, 0.3) is 33.3 Å². The maximum atomic E-state index is 12.9. The van der Waals surface area contributed by atoms with Crippen molar-refractivity contribution in [2.75, 3.05) is 5.32 Å². The number of halogens is 1. The van der Waals surface area contributed by atoms with Crippen molar-refractivity contribution in [3.05, 3.63) is 94.5 Å². The van der Waals surface area contributed by atoms with Gasteiger partial charge in [-0.1, -0.05) is 53.6 Å². The number of hydrogen-bond donors (Lipinski definition) is 2. The Morgan fingerprint density at radius 2 is 1.76 bits per heavy atom. The number of carbonyl (C=O) groups is 1. The van der Waals surface area contributed by atoms with E-state index in [-0.39, 0.29) is 11.0 Å². The van der Waals surface area contributed by atoms with E-state index in [4.69, 9.17) is 28.2 Å². The molecule has 0 aliphatic rings. The second-order valence-corrected chi connectivity index (χ2v) is 8.88. The van der Waals surface area contributed by atoms with Gasteiger partial charge in [0.05, 0.1) is 0 Å². The lowest BCUT2D eigenvalue weighted by atomic mass is 10.0. The number of hydrogen-bond acceptors (Lipinski definition) is 4. The third-order valence-electron chi connectivity index (χ3n) is 5.60. The molecule has 0 unspecified atom stereocenters. The fourth-order valence-corrected chi connectivity index (χ4v) is 4.42. The summed E-state index contributed by atoms with van der Waals surface area (Å²) in [6, 6.07) is 22.5. The van der Waals surface area contributed by atoms with E-state index in [1.165, 1.54) is 5.56 Å². The summed E-state index contributed by atoms with van der Waals surface area (Å²) in [7, 11) is 0. The van der Waals surface area contributed by atoms with Crippen LogP contribution in [0.1, 0.15) is 21.5 Å². The molecule has 0 spiro atoms. The van der Waals surface area contributed by atoms with Crippen molar-refractivity contribution < 1.29 is 9.21 Å². The summed E-state index contributed by atoms with van der Waals surface area (Å²) in [6.45, 7) is 4.09. The SMILES string of the molecule is Cc1ccc(-c2nc3cc(NC(=S)NC(=O)c4cccc5c(Cl)cccc45)ccc3o2)c(C)c1. The van der Waals surface area contributed by atoms with E-state index in [0.29, 0.717) is 33.3 Å². The highest BCUT2D eigenvalue weighted by molar-refractivity contribution is 7.80. The topological polar surface area (TPSA) is 67.2 Å². The lowest BCUT2D eigenvalue weighted by Gasteiger charge is -2.11. The molecule has 1 amide bonds. The molecule has 5 aromatic rings. The van der Waals surface area contributed by atoms with Gasteiger partial charge in [0.15, 0.2) is 10.7 Å². The summed E-state index contributed by atoms with van der Waals surface area (Å²) >= 11 is 11.6. The predicted octanol–water partition coefficient (Wildman–Crippen LogP) is 7.05. The molecule has 4 aromatic carbocycles. The van der Waals surface area contributed by atoms with Crippen molar-refractivity contribution in [3.63, 3.8) is 0 Å². The number of rotatable bonds is 3. The van der Waals surface area contributed by atoms with Crippen LogP contribution in [0.15, 0.2) is 77.2 Å². The molecule has 0 aliphatic carbocycles. The van der Waals surface area contributed by atoms with Crippen molar-refractivity contribution in [3.8, 4) is 11.5 Å².